The van der Waals surface area contributed by atoms with E-state index in [4.69, 9.17) is 16.3 Å². The highest BCUT2D eigenvalue weighted by Crippen LogP contribution is 2.21. The summed E-state index contributed by atoms with van der Waals surface area (Å²) in [4.78, 5) is 12.5. The van der Waals surface area contributed by atoms with Crippen LogP contribution in [0.4, 0.5) is 0 Å². The molecule has 0 saturated carbocycles. The summed E-state index contributed by atoms with van der Waals surface area (Å²) >= 11 is 5.78. The molecule has 1 unspecified atom stereocenters. The maximum Gasteiger partial charge on any atom is 0.222 e. The van der Waals surface area contributed by atoms with Crippen molar-refractivity contribution in [3.05, 3.63) is 41.6 Å². The normalized spacial score (nSPS) is 19.3. The molecule has 0 bridgehead atoms. The van der Waals surface area contributed by atoms with E-state index in [1.54, 1.807) is 18.5 Å². The smallest absolute Gasteiger partial charge is 0.222 e. The second-order valence-corrected chi connectivity index (χ2v) is 4.58. The zero-order valence-electron chi connectivity index (χ0n) is 10.2. The molecule has 1 N–H and O–H groups in total. The second kappa shape index (κ2) is 5.61. The van der Waals surface area contributed by atoms with E-state index in [-0.39, 0.29) is 11.4 Å². The third-order valence-corrected chi connectivity index (χ3v) is 3.15. The van der Waals surface area contributed by atoms with E-state index < -0.39 is 0 Å². The Bertz CT molecular complexity index is 555. The first-order valence-electron chi connectivity index (χ1n) is 6.10. The molecule has 5 nitrogen and oxygen atoms in total. The van der Waals surface area contributed by atoms with Crippen molar-refractivity contribution in [2.45, 2.75) is 6.10 Å². The number of hydrogen-bond donors (Lipinski definition) is 1. The van der Waals surface area contributed by atoms with Gasteiger partial charge in [0.2, 0.25) is 5.28 Å². The lowest BCUT2D eigenvalue weighted by Gasteiger charge is -2.23. The molecule has 19 heavy (non-hydrogen) atoms. The van der Waals surface area contributed by atoms with Gasteiger partial charge in [0, 0.05) is 31.0 Å². The maximum absolute atomic E-state index is 5.78. The average molecular weight is 277 g/mol. The maximum atomic E-state index is 5.78. The highest BCUT2D eigenvalue weighted by molar-refractivity contribution is 6.28. The van der Waals surface area contributed by atoms with Gasteiger partial charge in [0.25, 0.3) is 0 Å². The summed E-state index contributed by atoms with van der Waals surface area (Å²) < 4.78 is 5.66. The van der Waals surface area contributed by atoms with Crippen LogP contribution in [0.25, 0.3) is 11.3 Å². The highest BCUT2D eigenvalue weighted by atomic mass is 35.5. The van der Waals surface area contributed by atoms with E-state index in [0.29, 0.717) is 0 Å². The zero-order valence-corrected chi connectivity index (χ0v) is 11.0. The van der Waals surface area contributed by atoms with Gasteiger partial charge in [-0.2, -0.15) is 0 Å². The van der Waals surface area contributed by atoms with E-state index in [2.05, 4.69) is 20.3 Å². The number of halogens is 1. The molecule has 0 aliphatic carbocycles. The molecule has 2 aromatic rings. The van der Waals surface area contributed by atoms with E-state index in [1.807, 2.05) is 12.1 Å². The Morgan fingerprint density at radius 1 is 1.26 bits per heavy atom. The molecule has 0 amide bonds. The monoisotopic (exact) mass is 276 g/mol. The quantitative estimate of drug-likeness (QED) is 0.849. The third-order valence-electron chi connectivity index (χ3n) is 2.97. The predicted octanol–water partition coefficient (Wildman–Crippen LogP) is 1.85. The highest BCUT2D eigenvalue weighted by Gasteiger charge is 2.16. The van der Waals surface area contributed by atoms with Gasteiger partial charge in [-0.15, -0.1) is 0 Å². The topological polar surface area (TPSA) is 59.9 Å². The molecular formula is C13H13ClN4O. The molecule has 1 fully saturated rings. The Labute approximate surface area is 116 Å². The van der Waals surface area contributed by atoms with Crippen LogP contribution in [0.3, 0.4) is 0 Å². The molecule has 1 aliphatic heterocycles. The van der Waals surface area contributed by atoms with Gasteiger partial charge >= 0.3 is 0 Å². The molecule has 0 aromatic carbocycles. The number of pyridine rings is 1. The minimum Gasteiger partial charge on any atom is -0.369 e. The molecule has 6 heteroatoms. The van der Waals surface area contributed by atoms with Crippen molar-refractivity contribution in [2.75, 3.05) is 19.7 Å². The van der Waals surface area contributed by atoms with Crippen molar-refractivity contribution in [3.63, 3.8) is 0 Å². The summed E-state index contributed by atoms with van der Waals surface area (Å²) in [7, 11) is 0. The fraction of sp³-hybridized carbons (Fsp3) is 0.308. The summed E-state index contributed by atoms with van der Waals surface area (Å²) in [5.74, 6) is 0. The molecule has 0 spiro atoms. The molecule has 1 aliphatic rings. The summed E-state index contributed by atoms with van der Waals surface area (Å²) in [6.45, 7) is 2.41. The van der Waals surface area contributed by atoms with Crippen LogP contribution in [0.15, 0.2) is 30.6 Å². The van der Waals surface area contributed by atoms with Crippen molar-refractivity contribution in [1.82, 2.24) is 20.3 Å². The lowest BCUT2D eigenvalue weighted by atomic mass is 10.1. The van der Waals surface area contributed by atoms with E-state index >= 15 is 0 Å². The van der Waals surface area contributed by atoms with Gasteiger partial charge in [-0.3, -0.25) is 4.98 Å². The minimum absolute atomic E-state index is 0.0248. The molecule has 2 aromatic heterocycles. The van der Waals surface area contributed by atoms with Crippen molar-refractivity contribution in [2.24, 2.45) is 0 Å². The molecule has 3 heterocycles. The van der Waals surface area contributed by atoms with E-state index in [1.165, 1.54) is 0 Å². The SMILES string of the molecule is Clc1nccc(-c2ccc(C3CNCCO3)nc2)n1. The number of morpholine rings is 1. The molecule has 1 atom stereocenters. The molecule has 1 saturated heterocycles. The van der Waals surface area contributed by atoms with E-state index in [9.17, 15) is 0 Å². The second-order valence-electron chi connectivity index (χ2n) is 4.25. The van der Waals surface area contributed by atoms with Crippen molar-refractivity contribution >= 4 is 11.6 Å². The number of nitrogens with one attached hydrogen (secondary N) is 1. The van der Waals surface area contributed by atoms with Crippen molar-refractivity contribution in [1.29, 1.82) is 0 Å². The molecule has 0 radical (unpaired) electrons. The summed E-state index contributed by atoms with van der Waals surface area (Å²) in [5.41, 5.74) is 2.61. The number of ether oxygens (including phenoxy) is 1. The Morgan fingerprint density at radius 2 is 2.21 bits per heavy atom. The summed E-state index contributed by atoms with van der Waals surface area (Å²) in [5, 5.41) is 3.52. The fourth-order valence-corrected chi connectivity index (χ4v) is 2.15. The lowest BCUT2D eigenvalue weighted by Crippen LogP contribution is -2.33. The van der Waals surface area contributed by atoms with Crippen molar-refractivity contribution in [3.8, 4) is 11.3 Å². The number of nitrogens with zero attached hydrogens (tertiary/aromatic N) is 3. The predicted molar refractivity (Wildman–Crippen MR) is 71.8 cm³/mol. The van der Waals surface area contributed by atoms with Crippen LogP contribution in [-0.2, 0) is 4.74 Å². The van der Waals surface area contributed by atoms with Crippen LogP contribution in [0.2, 0.25) is 5.28 Å². The first-order chi connectivity index (χ1) is 9.33. The fourth-order valence-electron chi connectivity index (χ4n) is 2.00. The zero-order chi connectivity index (χ0) is 13.1. The molecule has 3 rings (SSSR count). The summed E-state index contributed by atoms with van der Waals surface area (Å²) in [6, 6.07) is 5.74. The Balaban J connectivity index is 1.82. The lowest BCUT2D eigenvalue weighted by molar-refractivity contribution is 0.0250. The van der Waals surface area contributed by atoms with Gasteiger partial charge in [-0.1, -0.05) is 0 Å². The first-order valence-corrected chi connectivity index (χ1v) is 6.48. The van der Waals surface area contributed by atoms with Crippen LogP contribution in [0.5, 0.6) is 0 Å². The standard InChI is InChI=1S/C13H13ClN4O/c14-13-16-4-3-10(18-13)9-1-2-11(17-7-9)12-8-15-5-6-19-12/h1-4,7,12,15H,5-6,8H2. The van der Waals surface area contributed by atoms with Gasteiger partial charge in [0.1, 0.15) is 6.10 Å². The average Bonchev–Trinajstić information content (AvgIpc) is 2.48. The molecular weight excluding hydrogens is 264 g/mol. The minimum atomic E-state index is 0.0248. The Morgan fingerprint density at radius 3 is 2.89 bits per heavy atom. The van der Waals surface area contributed by atoms with Crippen LogP contribution in [-0.4, -0.2) is 34.6 Å². The van der Waals surface area contributed by atoms with Gasteiger partial charge in [-0.25, -0.2) is 9.97 Å². The number of rotatable bonds is 2. The number of aromatic nitrogens is 3. The first kappa shape index (κ1) is 12.5. The van der Waals surface area contributed by atoms with Gasteiger partial charge in [0.15, 0.2) is 0 Å². The Hall–Kier alpha value is -1.56. The number of hydrogen-bond acceptors (Lipinski definition) is 5. The van der Waals surface area contributed by atoms with Crippen LogP contribution in [0.1, 0.15) is 11.8 Å². The summed E-state index contributed by atoms with van der Waals surface area (Å²) in [6.07, 6.45) is 3.44. The molecule has 98 valence electrons. The van der Waals surface area contributed by atoms with E-state index in [0.717, 1.165) is 36.6 Å². The largest absolute Gasteiger partial charge is 0.369 e. The van der Waals surface area contributed by atoms with Crippen LogP contribution in [0, 0.1) is 0 Å². The van der Waals surface area contributed by atoms with Gasteiger partial charge in [0.05, 0.1) is 18.0 Å². The van der Waals surface area contributed by atoms with Crippen LogP contribution >= 0.6 is 11.6 Å². The van der Waals surface area contributed by atoms with Crippen LogP contribution < -0.4 is 5.32 Å². The van der Waals surface area contributed by atoms with Gasteiger partial charge in [-0.05, 0) is 29.8 Å². The Kier molecular flexibility index (Phi) is 3.68. The third kappa shape index (κ3) is 2.89. The van der Waals surface area contributed by atoms with Crippen molar-refractivity contribution < 1.29 is 4.74 Å². The van der Waals surface area contributed by atoms with Gasteiger partial charge < -0.3 is 10.1 Å².